The summed E-state index contributed by atoms with van der Waals surface area (Å²) in [7, 11) is 0. The van der Waals surface area contributed by atoms with Gasteiger partial charge in [0.1, 0.15) is 28.7 Å². The van der Waals surface area contributed by atoms with E-state index >= 15 is 0 Å². The second-order valence-corrected chi connectivity index (χ2v) is 44.8. The molecule has 0 aliphatic heterocycles. The Morgan fingerprint density at radius 3 is 0.400 bits per heavy atom. The van der Waals surface area contributed by atoms with Crippen LogP contribution in [0.15, 0.2) is 146 Å². The Kier molecular flexibility index (Phi) is 48.7. The van der Waals surface area contributed by atoms with E-state index in [0.29, 0.717) is 54.1 Å². The summed E-state index contributed by atoms with van der Waals surface area (Å²) in [6.45, 7) is 16.0. The summed E-state index contributed by atoms with van der Waals surface area (Å²) in [6, 6.07) is 40.6. The van der Waals surface area contributed by atoms with Crippen LogP contribution in [-0.4, -0.2) is 33.0 Å². The van der Waals surface area contributed by atoms with Crippen LogP contribution < -0.4 is 23.7 Å². The smallest absolute Gasteiger partial charge is 0.119 e. The fraction of sp³-hybridized carbons (Fsp3) is 0.727. The number of unbranched alkanes of at least 4 members (excludes halogenated alkanes) is 20. The van der Waals surface area contributed by atoms with E-state index in [2.05, 4.69) is 97.8 Å². The van der Waals surface area contributed by atoms with Crippen LogP contribution in [0, 0.1) is 54.1 Å². The minimum atomic E-state index is 0. The lowest BCUT2D eigenvalue weighted by Gasteiger charge is -2.53. The van der Waals surface area contributed by atoms with Crippen LogP contribution in [0.5, 0.6) is 28.7 Å². The molecule has 0 spiro atoms. The highest BCUT2D eigenvalue weighted by Gasteiger charge is 2.53. The topological polar surface area (TPSA) is 46.2 Å². The molecule has 5 nitrogen and oxygen atoms in total. The molecule has 20 rings (SSSR count). The molecule has 15 fully saturated rings. The quantitative estimate of drug-likeness (QED) is 0.0153. The molecule has 15 saturated carbocycles. The number of fused-ring (bicyclic) bond motifs is 15. The predicted molar refractivity (Wildman–Crippen MR) is 538 cm³/mol. The summed E-state index contributed by atoms with van der Waals surface area (Å²) in [5, 5.41) is 0. The van der Waals surface area contributed by atoms with Crippen LogP contribution in [0.4, 0.5) is 23.5 Å². The first-order valence-electron chi connectivity index (χ1n) is 50.4. The highest BCUT2D eigenvalue weighted by atomic mass is 32.1. The van der Waals surface area contributed by atoms with Gasteiger partial charge >= 0.3 is 0 Å². The monoisotopic (exact) mass is 1830 g/mol. The fourth-order valence-electron chi connectivity index (χ4n) is 24.1. The molecule has 0 aromatic heterocycles. The van der Waals surface area contributed by atoms with Gasteiger partial charge in [0.2, 0.25) is 0 Å². The number of benzene rings is 5. The minimum Gasteiger partial charge on any atom is -0.493 e. The Labute approximate surface area is 786 Å². The molecule has 0 amide bonds. The summed E-state index contributed by atoms with van der Waals surface area (Å²) in [5.41, 5.74) is 5.79. The van der Waals surface area contributed by atoms with E-state index in [9.17, 15) is 0 Å². The molecule has 10 bridgehead atoms. The van der Waals surface area contributed by atoms with Crippen molar-refractivity contribution in [2.24, 2.45) is 54.1 Å². The molecule has 0 saturated heterocycles. The minimum absolute atomic E-state index is 0. The van der Waals surface area contributed by atoms with E-state index in [-0.39, 0.29) is 23.5 Å². The summed E-state index contributed by atoms with van der Waals surface area (Å²) in [5.74, 6) is 5.00. The fourth-order valence-corrected chi connectivity index (χ4v) is 24.8. The molecule has 15 aliphatic carbocycles. The highest BCUT2D eigenvalue weighted by molar-refractivity contribution is 7.81. The largest absolute Gasteiger partial charge is 0.493 e. The number of rotatable bonds is 45. The van der Waals surface area contributed by atoms with Crippen molar-refractivity contribution in [1.82, 2.24) is 0 Å². The van der Waals surface area contributed by atoms with Crippen LogP contribution in [0.25, 0.3) is 0 Å². The van der Waals surface area contributed by atoms with Crippen molar-refractivity contribution in [1.29, 1.82) is 0 Å². The van der Waals surface area contributed by atoms with Gasteiger partial charge in [-0.05, 0) is 373 Å². The van der Waals surface area contributed by atoms with Gasteiger partial charge in [-0.2, -0.15) is 0 Å². The summed E-state index contributed by atoms with van der Waals surface area (Å²) in [6.07, 6.45) is 85.4. The van der Waals surface area contributed by atoms with Gasteiger partial charge in [0.25, 0.3) is 0 Å². The van der Waals surface area contributed by atoms with Crippen molar-refractivity contribution in [2.75, 3.05) is 33.0 Å². The Morgan fingerprint density at radius 2 is 0.280 bits per heavy atom. The van der Waals surface area contributed by atoms with Crippen LogP contribution in [0.1, 0.15) is 420 Å². The zero-order chi connectivity index (χ0) is 84.4. The van der Waals surface area contributed by atoms with Gasteiger partial charge in [0.15, 0.2) is 0 Å². The highest BCUT2D eigenvalue weighted by Crippen LogP contribution is 2.64. The van der Waals surface area contributed by atoms with E-state index in [4.69, 9.17) is 23.7 Å². The average molecular weight is 1830 g/mol. The third kappa shape index (κ3) is 34.5. The molecule has 5 aromatic rings. The lowest BCUT2D eigenvalue weighted by atomic mass is 9.53. The summed E-state index contributed by atoms with van der Waals surface area (Å²) in [4.78, 5) is 5.00. The van der Waals surface area contributed by atoms with Crippen molar-refractivity contribution in [3.05, 3.63) is 121 Å². The van der Waals surface area contributed by atoms with Gasteiger partial charge in [-0.3, -0.25) is 23.5 Å². The van der Waals surface area contributed by atoms with E-state index in [0.717, 1.165) is 86.3 Å². The SMILES string of the molecule is CCCCCCCC12CCC(COc3ccc(S)cc3)(CC1)CC2.CCCCCCCC12CCC(COc3ccc(S)cc3)(CC1)CC2.CCCCCCCC12CCC(COc3ccc(S)cc3)(CC1)CC2.CCCCCCCC12CCC(COc3ccc(S)cc3)(CC1)CC2.CCCCCCCC12CCC(COc3ccc(S)cc3)(CC1)CC2.F.F.F.F.F. The van der Waals surface area contributed by atoms with Gasteiger partial charge in [-0.25, -0.2) is 0 Å². The lowest BCUT2D eigenvalue weighted by molar-refractivity contribution is -0.0409. The molecule has 5 aromatic carbocycles. The molecule has 0 N–H and O–H groups in total. The zero-order valence-corrected chi connectivity index (χ0v) is 83.3. The lowest BCUT2D eigenvalue weighted by Crippen LogP contribution is -2.44. The molecule has 15 heteroatoms. The molecule has 0 unspecified atom stereocenters. The Bertz CT molecular complexity index is 3000. The molecular weight excluding hydrogens is 1660 g/mol. The number of thiol groups is 5. The third-order valence-corrected chi connectivity index (χ3v) is 35.2. The maximum atomic E-state index is 6.14. The first kappa shape index (κ1) is 110. The molecular formula is C110H175F5O5S5. The van der Waals surface area contributed by atoms with Gasteiger partial charge < -0.3 is 23.7 Å². The van der Waals surface area contributed by atoms with E-state index in [1.165, 1.54) is 385 Å². The Morgan fingerprint density at radius 1 is 0.168 bits per heavy atom. The standard InChI is InChI=1S/5C22H34OS.5FH/c5*1-2-3-4-5-6-11-21-12-15-22(16-13-21,17-14-21)18-23-19-7-9-20(24)10-8-19;;;;;/h5*7-10,24H,2-6,11-18H2,1H3;5*1H. The zero-order valence-electron chi connectivity index (χ0n) is 78.8. The van der Waals surface area contributed by atoms with Gasteiger partial charge in [0, 0.05) is 51.6 Å². The summed E-state index contributed by atoms with van der Waals surface area (Å²) < 4.78 is 30.7. The normalized spacial score (nSPS) is 27.8. The van der Waals surface area contributed by atoms with Crippen LogP contribution in [0.2, 0.25) is 0 Å². The number of ether oxygens (including phenoxy) is 5. The van der Waals surface area contributed by atoms with Crippen LogP contribution in [-0.2, 0) is 0 Å². The van der Waals surface area contributed by atoms with Gasteiger partial charge in [0.05, 0.1) is 33.0 Å². The molecule has 0 heterocycles. The maximum absolute atomic E-state index is 6.14. The van der Waals surface area contributed by atoms with Gasteiger partial charge in [-0.15, -0.1) is 63.1 Å². The first-order chi connectivity index (χ1) is 58.3. The summed E-state index contributed by atoms with van der Waals surface area (Å²) >= 11 is 21.7. The number of hydrogen-bond acceptors (Lipinski definition) is 10. The Balaban J connectivity index is 0.000000239. The van der Waals surface area contributed by atoms with E-state index < -0.39 is 0 Å². The number of hydrogen-bond donors (Lipinski definition) is 5. The molecule has 0 radical (unpaired) electrons. The first-order valence-corrected chi connectivity index (χ1v) is 52.6. The van der Waals surface area contributed by atoms with Crippen molar-refractivity contribution in [2.45, 2.75) is 444 Å². The van der Waals surface area contributed by atoms with Crippen molar-refractivity contribution < 1.29 is 47.2 Å². The average Bonchev–Trinajstić information content (AvgIpc) is 0.789. The Hall–Kier alpha value is -3.50. The van der Waals surface area contributed by atoms with Crippen molar-refractivity contribution >= 4 is 63.1 Å². The van der Waals surface area contributed by atoms with Crippen LogP contribution in [0.3, 0.4) is 0 Å². The van der Waals surface area contributed by atoms with E-state index in [1.54, 1.807) is 0 Å². The van der Waals surface area contributed by atoms with Gasteiger partial charge in [-0.1, -0.05) is 195 Å². The third-order valence-electron chi connectivity index (χ3n) is 33.7. The van der Waals surface area contributed by atoms with Crippen molar-refractivity contribution in [3.8, 4) is 28.7 Å². The van der Waals surface area contributed by atoms with E-state index in [1.807, 2.05) is 121 Å². The van der Waals surface area contributed by atoms with Crippen molar-refractivity contribution in [3.63, 3.8) is 0 Å². The maximum Gasteiger partial charge on any atom is 0.119 e. The second kappa shape index (κ2) is 55.2. The second-order valence-electron chi connectivity index (χ2n) is 42.2. The molecule has 15 aliphatic rings. The molecule has 0 atom stereocenters. The van der Waals surface area contributed by atoms with Crippen LogP contribution >= 0.6 is 63.1 Å². The molecule has 710 valence electrons. The predicted octanol–water partition coefficient (Wildman–Crippen LogP) is 36.0. The number of halogens is 5. The molecule has 125 heavy (non-hydrogen) atoms.